The lowest BCUT2D eigenvalue weighted by Crippen LogP contribution is -2.31. The van der Waals surface area contributed by atoms with E-state index in [1.165, 1.54) is 12.7 Å². The summed E-state index contributed by atoms with van der Waals surface area (Å²) < 4.78 is 10.1. The number of aromatic nitrogens is 2. The number of fused-ring (bicyclic) bond motifs is 3. The molecule has 2 heterocycles. The first-order chi connectivity index (χ1) is 12.7. The number of aryl methyl sites for hydroxylation is 2. The van der Waals surface area contributed by atoms with Gasteiger partial charge in [-0.05, 0) is 36.0 Å². The summed E-state index contributed by atoms with van der Waals surface area (Å²) >= 11 is 6.32. The first-order valence-electron chi connectivity index (χ1n) is 8.73. The molecule has 6 nitrogen and oxygen atoms in total. The quantitative estimate of drug-likeness (QED) is 0.709. The van der Waals surface area contributed by atoms with Crippen molar-refractivity contribution in [2.75, 3.05) is 7.11 Å². The van der Waals surface area contributed by atoms with Gasteiger partial charge in [0, 0.05) is 30.0 Å². The van der Waals surface area contributed by atoms with Gasteiger partial charge in [0.25, 0.3) is 5.88 Å². The maximum atomic E-state index is 12.4. The molecular weight excluding hydrogens is 354 g/mol. The number of halogens is 1. The van der Waals surface area contributed by atoms with E-state index in [0.717, 1.165) is 35.9 Å². The molecule has 0 radical (unpaired) electrons. The smallest absolute Gasteiger partial charge is 0.254 e. The number of carbonyl (C=O) groups excluding carboxylic acids is 1. The molecule has 1 aliphatic rings. The predicted molar refractivity (Wildman–Crippen MR) is 98.5 cm³/mol. The molecule has 26 heavy (non-hydrogen) atoms. The summed E-state index contributed by atoms with van der Waals surface area (Å²) in [4.78, 5) is 15.8. The summed E-state index contributed by atoms with van der Waals surface area (Å²) in [5, 5.41) is 8.75. The molecule has 0 unspecified atom stereocenters. The van der Waals surface area contributed by atoms with Crippen molar-refractivity contribution in [3.8, 4) is 5.88 Å². The van der Waals surface area contributed by atoms with Crippen LogP contribution in [-0.4, -0.2) is 23.2 Å². The second kappa shape index (κ2) is 7.03. The summed E-state index contributed by atoms with van der Waals surface area (Å²) in [5.74, 6) is 1.05. The van der Waals surface area contributed by atoms with Gasteiger partial charge in [0.1, 0.15) is 5.76 Å². The van der Waals surface area contributed by atoms with E-state index in [-0.39, 0.29) is 11.9 Å². The third-order valence-corrected chi connectivity index (χ3v) is 5.19. The minimum atomic E-state index is -0.0148. The first kappa shape index (κ1) is 17.0. The second-order valence-electron chi connectivity index (χ2n) is 6.53. The molecule has 1 amide bonds. The molecule has 2 N–H and O–H groups in total. The number of hydrogen-bond donors (Lipinski definition) is 2. The molecule has 4 rings (SSSR count). The molecule has 0 saturated carbocycles. The molecule has 136 valence electrons. The molecule has 1 atom stereocenters. The van der Waals surface area contributed by atoms with E-state index in [0.29, 0.717) is 29.5 Å². The Balaban J connectivity index is 1.47. The van der Waals surface area contributed by atoms with E-state index in [2.05, 4.69) is 21.5 Å². The van der Waals surface area contributed by atoms with Crippen molar-refractivity contribution in [3.05, 3.63) is 46.3 Å². The highest BCUT2D eigenvalue weighted by Crippen LogP contribution is 2.36. The number of H-pyrrole nitrogens is 1. The summed E-state index contributed by atoms with van der Waals surface area (Å²) in [6, 6.07) is 7.61. The van der Waals surface area contributed by atoms with Gasteiger partial charge in [-0.2, -0.15) is 0 Å². The van der Waals surface area contributed by atoms with Gasteiger partial charge in [-0.1, -0.05) is 23.7 Å². The van der Waals surface area contributed by atoms with Crippen LogP contribution in [0.15, 0.2) is 28.8 Å². The predicted octanol–water partition coefficient (Wildman–Crippen LogP) is 3.94. The van der Waals surface area contributed by atoms with Gasteiger partial charge >= 0.3 is 0 Å². The van der Waals surface area contributed by atoms with Crippen LogP contribution in [0.1, 0.15) is 42.3 Å². The van der Waals surface area contributed by atoms with E-state index in [9.17, 15) is 4.79 Å². The van der Waals surface area contributed by atoms with Crippen molar-refractivity contribution in [1.82, 2.24) is 15.5 Å². The van der Waals surface area contributed by atoms with E-state index >= 15 is 0 Å². The molecule has 0 saturated heterocycles. The fourth-order valence-electron chi connectivity index (χ4n) is 3.61. The van der Waals surface area contributed by atoms with E-state index < -0.39 is 0 Å². The molecular formula is C19H20ClN3O3. The Morgan fingerprint density at radius 3 is 3.19 bits per heavy atom. The normalized spacial score (nSPS) is 16.5. The molecule has 1 aliphatic carbocycles. The number of hydrogen-bond acceptors (Lipinski definition) is 4. The molecule has 1 aromatic carbocycles. The van der Waals surface area contributed by atoms with Gasteiger partial charge < -0.3 is 19.6 Å². The first-order valence-corrected chi connectivity index (χ1v) is 9.11. The summed E-state index contributed by atoms with van der Waals surface area (Å²) in [6.07, 6.45) is 3.78. The zero-order valence-corrected chi connectivity index (χ0v) is 15.2. The number of rotatable bonds is 5. The molecule has 0 fully saturated rings. The van der Waals surface area contributed by atoms with Crippen LogP contribution in [0.3, 0.4) is 0 Å². The van der Waals surface area contributed by atoms with Crippen LogP contribution in [-0.2, 0) is 17.6 Å². The Kier molecular flexibility index (Phi) is 4.59. The van der Waals surface area contributed by atoms with E-state index in [4.69, 9.17) is 20.9 Å². The number of para-hydroxylation sites is 1. The van der Waals surface area contributed by atoms with Crippen LogP contribution in [0.2, 0.25) is 5.02 Å². The van der Waals surface area contributed by atoms with Crippen LogP contribution in [0, 0.1) is 0 Å². The van der Waals surface area contributed by atoms with E-state index in [1.54, 1.807) is 6.07 Å². The molecule has 3 aromatic rings. The van der Waals surface area contributed by atoms with Gasteiger partial charge in [0.15, 0.2) is 0 Å². The number of methoxy groups -OCH3 is 1. The van der Waals surface area contributed by atoms with E-state index in [1.807, 2.05) is 12.1 Å². The fraction of sp³-hybridized carbons (Fsp3) is 0.368. The molecule has 2 aromatic heterocycles. The van der Waals surface area contributed by atoms with Gasteiger partial charge in [-0.3, -0.25) is 4.79 Å². The maximum absolute atomic E-state index is 12.4. The molecule has 0 spiro atoms. The minimum absolute atomic E-state index is 0.0111. The van der Waals surface area contributed by atoms with Crippen molar-refractivity contribution >= 4 is 28.4 Å². The zero-order chi connectivity index (χ0) is 18.1. The van der Waals surface area contributed by atoms with Crippen LogP contribution in [0.5, 0.6) is 5.88 Å². The SMILES string of the molecule is COc1cc(CCC(=O)N[C@@H]2CCCc3c2[nH]c2c(Cl)cccc32)on1. The number of nitrogens with one attached hydrogen (secondary N) is 2. The standard InChI is InChI=1S/C19H20ClN3O3/c1-25-17-10-11(26-23-17)8-9-16(24)21-15-7-3-5-13-12-4-2-6-14(20)18(12)22-19(13)15/h2,4,6,10,15,22H,3,5,7-9H2,1H3,(H,21,24)/t15-/m1/s1. The van der Waals surface area contributed by atoms with Crippen LogP contribution in [0.4, 0.5) is 0 Å². The van der Waals surface area contributed by atoms with Crippen molar-refractivity contribution < 1.29 is 14.1 Å². The van der Waals surface area contributed by atoms with Crippen molar-refractivity contribution in [2.45, 2.75) is 38.1 Å². The fourth-order valence-corrected chi connectivity index (χ4v) is 3.83. The zero-order valence-electron chi connectivity index (χ0n) is 14.5. The van der Waals surface area contributed by atoms with Crippen molar-refractivity contribution in [2.24, 2.45) is 0 Å². The number of benzene rings is 1. The third-order valence-electron chi connectivity index (χ3n) is 4.87. The van der Waals surface area contributed by atoms with Gasteiger partial charge in [0.2, 0.25) is 5.91 Å². The largest absolute Gasteiger partial charge is 0.479 e. The minimum Gasteiger partial charge on any atom is -0.479 e. The molecule has 0 aliphatic heterocycles. The van der Waals surface area contributed by atoms with Crippen LogP contribution < -0.4 is 10.1 Å². The average Bonchev–Trinajstić information content (AvgIpc) is 3.26. The summed E-state index contributed by atoms with van der Waals surface area (Å²) in [6.45, 7) is 0. The van der Waals surface area contributed by atoms with Crippen LogP contribution in [0.25, 0.3) is 10.9 Å². The number of aromatic amines is 1. The van der Waals surface area contributed by atoms with Gasteiger partial charge in [-0.25, -0.2) is 0 Å². The lowest BCUT2D eigenvalue weighted by Gasteiger charge is -2.23. The highest BCUT2D eigenvalue weighted by Gasteiger charge is 2.26. The Labute approximate surface area is 155 Å². The monoisotopic (exact) mass is 373 g/mol. The Hall–Kier alpha value is -2.47. The lowest BCUT2D eigenvalue weighted by atomic mass is 9.91. The second-order valence-corrected chi connectivity index (χ2v) is 6.93. The molecule has 7 heteroatoms. The molecule has 0 bridgehead atoms. The Bertz CT molecular complexity index is 947. The van der Waals surface area contributed by atoms with Crippen LogP contribution >= 0.6 is 11.6 Å². The third kappa shape index (κ3) is 3.17. The lowest BCUT2D eigenvalue weighted by molar-refractivity contribution is -0.122. The number of carbonyl (C=O) groups is 1. The van der Waals surface area contributed by atoms with Crippen molar-refractivity contribution in [1.29, 1.82) is 0 Å². The average molecular weight is 374 g/mol. The highest BCUT2D eigenvalue weighted by molar-refractivity contribution is 6.35. The van der Waals surface area contributed by atoms with Gasteiger partial charge in [-0.15, -0.1) is 0 Å². The number of amides is 1. The maximum Gasteiger partial charge on any atom is 0.254 e. The Morgan fingerprint density at radius 1 is 1.50 bits per heavy atom. The summed E-state index contributed by atoms with van der Waals surface area (Å²) in [7, 11) is 1.53. The van der Waals surface area contributed by atoms with Gasteiger partial charge in [0.05, 0.1) is 23.7 Å². The highest BCUT2D eigenvalue weighted by atomic mass is 35.5. The Morgan fingerprint density at radius 2 is 2.38 bits per heavy atom. The topological polar surface area (TPSA) is 80.1 Å². The van der Waals surface area contributed by atoms with Crippen molar-refractivity contribution in [3.63, 3.8) is 0 Å². The number of nitrogens with zero attached hydrogens (tertiary/aromatic N) is 1. The number of ether oxygens (including phenoxy) is 1. The summed E-state index contributed by atoms with van der Waals surface area (Å²) in [5.41, 5.74) is 3.29.